The molecule has 2 atom stereocenters. The van der Waals surface area contributed by atoms with E-state index in [1.54, 1.807) is 0 Å². The number of hydrogen-bond acceptors (Lipinski definition) is 0. The van der Waals surface area contributed by atoms with Crippen molar-refractivity contribution in [2.75, 3.05) is 0 Å². The first-order valence-corrected chi connectivity index (χ1v) is 24.8. The summed E-state index contributed by atoms with van der Waals surface area (Å²) in [5, 5.41) is 0. The Morgan fingerprint density at radius 2 is 0.839 bits per heavy atom. The summed E-state index contributed by atoms with van der Waals surface area (Å²) in [6.07, 6.45) is 53.5. The Hall–Kier alpha value is -2.35. The zero-order chi connectivity index (χ0) is 39.6. The van der Waals surface area contributed by atoms with E-state index in [0.717, 1.165) is 13.0 Å². The smallest absolute Gasteiger partial charge is 0.237 e. The van der Waals surface area contributed by atoms with Crippen LogP contribution in [0.5, 0.6) is 0 Å². The first kappa shape index (κ1) is 48.0. The van der Waals surface area contributed by atoms with E-state index in [1.807, 2.05) is 0 Å². The molecule has 2 unspecified atom stereocenters. The van der Waals surface area contributed by atoms with Crippen LogP contribution in [0.4, 0.5) is 0 Å². The number of nitrogens with zero attached hydrogens (tertiary/aromatic N) is 2. The summed E-state index contributed by atoms with van der Waals surface area (Å²) in [4.78, 5) is 0. The molecule has 0 saturated heterocycles. The quantitative estimate of drug-likeness (QED) is 0.0406. The monoisotopic (exact) mass is 768 g/mol. The third-order valence-electron chi connectivity index (χ3n) is 13.0. The van der Waals surface area contributed by atoms with E-state index in [-0.39, 0.29) is 5.41 Å². The van der Waals surface area contributed by atoms with Gasteiger partial charge in [-0.3, -0.25) is 0 Å². The third-order valence-corrected chi connectivity index (χ3v) is 13.0. The van der Waals surface area contributed by atoms with Gasteiger partial charge in [-0.1, -0.05) is 261 Å². The van der Waals surface area contributed by atoms with Crippen LogP contribution in [0, 0.1) is 0 Å². The summed E-state index contributed by atoms with van der Waals surface area (Å²) >= 11 is 0. The zero-order valence-electron chi connectivity index (χ0n) is 37.5. The fraction of sp³-hybridized carbons (Fsp3) is 0.722. The minimum absolute atomic E-state index is 0.00358. The highest BCUT2D eigenvalue weighted by Crippen LogP contribution is 2.41. The van der Waals surface area contributed by atoms with Crippen LogP contribution in [-0.4, -0.2) is 4.57 Å². The van der Waals surface area contributed by atoms with Gasteiger partial charge in [-0.15, -0.1) is 0 Å². The SMILES string of the molecule is CCCCCCCCCCCCCCCCCCC(n1cc[n+](CCCCCCCCCCCCCCCCC)c1)C(C)(Cc1ccccc1)c1ccccc1. The minimum atomic E-state index is 0.00358. The van der Waals surface area contributed by atoms with E-state index < -0.39 is 0 Å². The fourth-order valence-electron chi connectivity index (χ4n) is 9.33. The maximum atomic E-state index is 2.60. The summed E-state index contributed by atoms with van der Waals surface area (Å²) in [6, 6.07) is 23.1. The van der Waals surface area contributed by atoms with Crippen LogP contribution in [0.2, 0.25) is 0 Å². The predicted octanol–water partition coefficient (Wildman–Crippen LogP) is 17.0. The van der Waals surface area contributed by atoms with Gasteiger partial charge in [-0.05, 0) is 43.2 Å². The Kier molecular flexibility index (Phi) is 27.9. The second-order valence-electron chi connectivity index (χ2n) is 18.1. The van der Waals surface area contributed by atoms with E-state index in [1.165, 1.54) is 217 Å². The molecule has 0 aliphatic heterocycles. The Bertz CT molecular complexity index is 1260. The third kappa shape index (κ3) is 21.4. The first-order valence-electron chi connectivity index (χ1n) is 24.8. The Balaban J connectivity index is 1.43. The Labute approximate surface area is 349 Å². The van der Waals surface area contributed by atoms with Crippen LogP contribution in [0.3, 0.4) is 0 Å². The van der Waals surface area contributed by atoms with Crippen LogP contribution >= 0.6 is 0 Å². The van der Waals surface area contributed by atoms with Crippen LogP contribution in [0.25, 0.3) is 0 Å². The fourth-order valence-corrected chi connectivity index (χ4v) is 9.33. The lowest BCUT2D eigenvalue weighted by molar-refractivity contribution is -0.697. The van der Waals surface area contributed by atoms with E-state index >= 15 is 0 Å². The zero-order valence-corrected chi connectivity index (χ0v) is 37.5. The van der Waals surface area contributed by atoms with Gasteiger partial charge in [0.2, 0.25) is 6.33 Å². The number of imidazole rings is 1. The highest BCUT2D eigenvalue weighted by Gasteiger charge is 2.40. The molecule has 0 amide bonds. The second kappa shape index (κ2) is 32.6. The Morgan fingerprint density at radius 1 is 0.464 bits per heavy atom. The molecule has 3 rings (SSSR count). The molecule has 2 nitrogen and oxygen atoms in total. The molecule has 0 aliphatic rings. The molecular weight excluding hydrogens is 677 g/mol. The lowest BCUT2D eigenvalue weighted by Gasteiger charge is -2.37. The van der Waals surface area contributed by atoms with Crippen molar-refractivity contribution in [3.63, 3.8) is 0 Å². The molecule has 0 saturated carbocycles. The molecule has 2 aromatic carbocycles. The number of benzene rings is 2. The summed E-state index contributed by atoms with van der Waals surface area (Å²) in [6.45, 7) is 8.30. The van der Waals surface area contributed by atoms with Gasteiger partial charge in [-0.2, -0.15) is 0 Å². The van der Waals surface area contributed by atoms with Gasteiger partial charge in [0.15, 0.2) is 0 Å². The maximum absolute atomic E-state index is 2.60. The van der Waals surface area contributed by atoms with E-state index in [2.05, 4.69) is 109 Å². The van der Waals surface area contributed by atoms with Gasteiger partial charge < -0.3 is 0 Å². The lowest BCUT2D eigenvalue weighted by Crippen LogP contribution is -2.38. The molecular formula is C54H91N2+. The molecule has 2 heteroatoms. The van der Waals surface area contributed by atoms with E-state index in [9.17, 15) is 0 Å². The lowest BCUT2D eigenvalue weighted by atomic mass is 9.70. The molecule has 1 aromatic heterocycles. The standard InChI is InChI=1S/C54H91N2/c1-4-6-8-10-12-14-16-18-20-21-23-25-27-29-31-39-45-53(54(3,52-43-37-34-38-44-52)49-51-41-35-33-36-42-51)56-48-47-55(50-56)46-40-32-30-28-26-24-22-19-17-15-13-11-9-7-5-2/h33-38,41-44,47-48,50,53H,4-32,39-40,45-46,49H2,1-3H3/q+1. The van der Waals surface area contributed by atoms with Crippen molar-refractivity contribution in [1.82, 2.24) is 4.57 Å². The number of aryl methyl sites for hydroxylation is 1. The van der Waals surface area contributed by atoms with Crippen molar-refractivity contribution in [1.29, 1.82) is 0 Å². The van der Waals surface area contributed by atoms with Crippen molar-refractivity contribution in [2.24, 2.45) is 0 Å². The van der Waals surface area contributed by atoms with Gasteiger partial charge >= 0.3 is 0 Å². The molecule has 0 fully saturated rings. The molecule has 0 spiro atoms. The van der Waals surface area contributed by atoms with Gasteiger partial charge in [0.1, 0.15) is 18.4 Å². The summed E-state index contributed by atoms with van der Waals surface area (Å²) in [5.41, 5.74) is 2.91. The average molecular weight is 768 g/mol. The Morgan fingerprint density at radius 3 is 1.27 bits per heavy atom. The van der Waals surface area contributed by atoms with Crippen molar-refractivity contribution in [3.05, 3.63) is 90.5 Å². The van der Waals surface area contributed by atoms with Crippen LogP contribution in [0.15, 0.2) is 79.4 Å². The maximum Gasteiger partial charge on any atom is 0.244 e. The number of hydrogen-bond donors (Lipinski definition) is 0. The molecule has 3 aromatic rings. The second-order valence-corrected chi connectivity index (χ2v) is 18.1. The average Bonchev–Trinajstić information content (AvgIpc) is 3.69. The minimum Gasteiger partial charge on any atom is -0.237 e. The van der Waals surface area contributed by atoms with Crippen LogP contribution < -0.4 is 4.57 Å². The molecule has 0 aliphatic carbocycles. The van der Waals surface area contributed by atoms with Crippen LogP contribution in [0.1, 0.15) is 243 Å². The molecule has 0 radical (unpaired) electrons. The van der Waals surface area contributed by atoms with Gasteiger partial charge in [0.05, 0.1) is 6.54 Å². The molecule has 0 N–H and O–H groups in total. The summed E-state index contributed by atoms with van der Waals surface area (Å²) < 4.78 is 5.09. The molecule has 316 valence electrons. The van der Waals surface area contributed by atoms with Crippen LogP contribution in [-0.2, 0) is 18.4 Å². The van der Waals surface area contributed by atoms with Crippen molar-refractivity contribution in [2.45, 2.75) is 251 Å². The normalized spacial score (nSPS) is 13.3. The molecule has 56 heavy (non-hydrogen) atoms. The summed E-state index contributed by atoms with van der Waals surface area (Å²) in [5.74, 6) is 0. The van der Waals surface area contributed by atoms with Gasteiger partial charge in [-0.25, -0.2) is 9.13 Å². The highest BCUT2D eigenvalue weighted by atomic mass is 15.1. The van der Waals surface area contributed by atoms with E-state index in [4.69, 9.17) is 0 Å². The first-order chi connectivity index (χ1) is 27.7. The number of unbranched alkanes of at least 4 members (excludes halogenated alkanes) is 29. The van der Waals surface area contributed by atoms with Gasteiger partial charge in [0.25, 0.3) is 0 Å². The molecule has 0 bridgehead atoms. The van der Waals surface area contributed by atoms with Crippen molar-refractivity contribution >= 4 is 0 Å². The predicted molar refractivity (Wildman–Crippen MR) is 247 cm³/mol. The van der Waals surface area contributed by atoms with Crippen molar-refractivity contribution < 1.29 is 4.57 Å². The van der Waals surface area contributed by atoms with Crippen molar-refractivity contribution in [3.8, 4) is 0 Å². The topological polar surface area (TPSA) is 8.81 Å². The number of rotatable bonds is 38. The van der Waals surface area contributed by atoms with Gasteiger partial charge in [0, 0.05) is 5.41 Å². The molecule has 1 heterocycles. The largest absolute Gasteiger partial charge is 0.244 e. The number of aromatic nitrogens is 2. The van der Waals surface area contributed by atoms with E-state index in [0.29, 0.717) is 6.04 Å². The summed E-state index contributed by atoms with van der Waals surface area (Å²) in [7, 11) is 0. The highest BCUT2D eigenvalue weighted by molar-refractivity contribution is 5.31.